The minimum atomic E-state index is -4.59. The molecule has 5 heteroatoms. The standard InChI is InChI=1S/C10H10BrF3O/c1-2-9(15-10(12,13)14)7-3-5-8(11)6-4-7/h3-6,9H,2H2,1H3. The molecule has 1 nitrogen and oxygen atoms in total. The molecular weight excluding hydrogens is 273 g/mol. The van der Waals surface area contributed by atoms with Crippen molar-refractivity contribution in [3.63, 3.8) is 0 Å². The van der Waals surface area contributed by atoms with Gasteiger partial charge >= 0.3 is 6.36 Å². The largest absolute Gasteiger partial charge is 0.523 e. The van der Waals surface area contributed by atoms with Crippen molar-refractivity contribution in [2.75, 3.05) is 0 Å². The first-order valence-electron chi connectivity index (χ1n) is 4.42. The molecule has 1 atom stereocenters. The zero-order chi connectivity index (χ0) is 11.5. The molecule has 0 amide bonds. The highest BCUT2D eigenvalue weighted by molar-refractivity contribution is 9.10. The van der Waals surface area contributed by atoms with E-state index in [1.54, 1.807) is 31.2 Å². The van der Waals surface area contributed by atoms with E-state index >= 15 is 0 Å². The normalized spacial score (nSPS) is 13.9. The highest BCUT2D eigenvalue weighted by atomic mass is 79.9. The lowest BCUT2D eigenvalue weighted by Crippen LogP contribution is -2.17. The van der Waals surface area contributed by atoms with Gasteiger partial charge in [0.1, 0.15) is 0 Å². The Morgan fingerprint density at radius 1 is 1.27 bits per heavy atom. The zero-order valence-corrected chi connectivity index (χ0v) is 9.60. The second-order valence-electron chi connectivity index (χ2n) is 3.01. The highest BCUT2D eigenvalue weighted by Crippen LogP contribution is 2.30. The van der Waals surface area contributed by atoms with E-state index in [1.807, 2.05) is 0 Å². The van der Waals surface area contributed by atoms with Gasteiger partial charge in [-0.3, -0.25) is 4.74 Å². The maximum absolute atomic E-state index is 12.0. The highest BCUT2D eigenvalue weighted by Gasteiger charge is 2.33. The molecule has 1 aromatic rings. The summed E-state index contributed by atoms with van der Waals surface area (Å²) in [6.07, 6.45) is -5.24. The minimum Gasteiger partial charge on any atom is -0.284 e. The molecule has 0 spiro atoms. The summed E-state index contributed by atoms with van der Waals surface area (Å²) in [5, 5.41) is 0. The molecule has 1 rings (SSSR count). The molecule has 84 valence electrons. The summed E-state index contributed by atoms with van der Waals surface area (Å²) < 4.78 is 40.9. The molecule has 0 radical (unpaired) electrons. The molecule has 0 N–H and O–H groups in total. The molecular formula is C10H10BrF3O. The zero-order valence-electron chi connectivity index (χ0n) is 8.01. The van der Waals surface area contributed by atoms with Gasteiger partial charge < -0.3 is 0 Å². The van der Waals surface area contributed by atoms with Gasteiger partial charge in [0, 0.05) is 4.47 Å². The van der Waals surface area contributed by atoms with Gasteiger partial charge in [-0.15, -0.1) is 13.2 Å². The van der Waals surface area contributed by atoms with E-state index in [4.69, 9.17) is 0 Å². The van der Waals surface area contributed by atoms with Gasteiger partial charge in [0.05, 0.1) is 6.10 Å². The fourth-order valence-corrected chi connectivity index (χ4v) is 1.49. The number of rotatable bonds is 3. The number of alkyl halides is 3. The minimum absolute atomic E-state index is 0.279. The third-order valence-corrected chi connectivity index (χ3v) is 2.42. The van der Waals surface area contributed by atoms with Crippen LogP contribution in [0.5, 0.6) is 0 Å². The second-order valence-corrected chi connectivity index (χ2v) is 3.93. The van der Waals surface area contributed by atoms with E-state index in [-0.39, 0.29) is 6.42 Å². The monoisotopic (exact) mass is 282 g/mol. The number of halogens is 4. The van der Waals surface area contributed by atoms with Crippen LogP contribution in [-0.4, -0.2) is 6.36 Å². The van der Waals surface area contributed by atoms with Crippen LogP contribution in [0, 0.1) is 0 Å². The number of benzene rings is 1. The van der Waals surface area contributed by atoms with Crippen LogP contribution < -0.4 is 0 Å². The predicted octanol–water partition coefficient (Wildman–Crippen LogP) is 4.44. The molecule has 0 bridgehead atoms. The summed E-state index contributed by atoms with van der Waals surface area (Å²) in [6.45, 7) is 1.65. The maximum atomic E-state index is 12.0. The van der Waals surface area contributed by atoms with E-state index in [2.05, 4.69) is 20.7 Å². The first kappa shape index (κ1) is 12.5. The van der Waals surface area contributed by atoms with Crippen LogP contribution >= 0.6 is 15.9 Å². The first-order chi connectivity index (χ1) is 6.92. The van der Waals surface area contributed by atoms with Gasteiger partial charge in [-0.1, -0.05) is 35.0 Å². The first-order valence-corrected chi connectivity index (χ1v) is 5.21. The number of ether oxygens (including phenoxy) is 1. The molecule has 0 heterocycles. The van der Waals surface area contributed by atoms with Crippen molar-refractivity contribution < 1.29 is 17.9 Å². The van der Waals surface area contributed by atoms with Crippen LogP contribution in [0.1, 0.15) is 25.0 Å². The average Bonchev–Trinajstić information content (AvgIpc) is 2.14. The fourth-order valence-electron chi connectivity index (χ4n) is 1.23. The van der Waals surface area contributed by atoms with Crippen LogP contribution in [0.2, 0.25) is 0 Å². The lowest BCUT2D eigenvalue weighted by atomic mass is 10.1. The van der Waals surface area contributed by atoms with E-state index in [0.29, 0.717) is 5.56 Å². The Balaban J connectivity index is 2.79. The molecule has 0 saturated carbocycles. The molecule has 1 unspecified atom stereocenters. The predicted molar refractivity (Wildman–Crippen MR) is 54.3 cm³/mol. The van der Waals surface area contributed by atoms with Crippen molar-refractivity contribution in [1.82, 2.24) is 0 Å². The Bertz CT molecular complexity index is 307. The number of hydrogen-bond acceptors (Lipinski definition) is 1. The summed E-state index contributed by atoms with van der Waals surface area (Å²) in [5.41, 5.74) is 0.526. The van der Waals surface area contributed by atoms with Gasteiger partial charge in [0.25, 0.3) is 0 Å². The lowest BCUT2D eigenvalue weighted by molar-refractivity contribution is -0.345. The maximum Gasteiger partial charge on any atom is 0.523 e. The van der Waals surface area contributed by atoms with Crippen LogP contribution in [-0.2, 0) is 4.74 Å². The van der Waals surface area contributed by atoms with Crippen molar-refractivity contribution in [3.05, 3.63) is 34.3 Å². The SMILES string of the molecule is CCC(OC(F)(F)F)c1ccc(Br)cc1. The molecule has 0 fully saturated rings. The van der Waals surface area contributed by atoms with Crippen molar-refractivity contribution in [2.24, 2.45) is 0 Å². The molecule has 15 heavy (non-hydrogen) atoms. The van der Waals surface area contributed by atoms with E-state index in [9.17, 15) is 13.2 Å². The number of hydrogen-bond donors (Lipinski definition) is 0. The Labute approximate surface area is 94.4 Å². The Hall–Kier alpha value is -0.550. The average molecular weight is 283 g/mol. The molecule has 0 aliphatic carbocycles. The Kier molecular flexibility index (Phi) is 4.16. The van der Waals surface area contributed by atoms with Gasteiger partial charge in [-0.25, -0.2) is 0 Å². The molecule has 0 aromatic heterocycles. The van der Waals surface area contributed by atoms with Gasteiger partial charge in [-0.2, -0.15) is 0 Å². The van der Waals surface area contributed by atoms with Crippen LogP contribution in [0.3, 0.4) is 0 Å². The van der Waals surface area contributed by atoms with Gasteiger partial charge in [0.2, 0.25) is 0 Å². The molecule has 0 saturated heterocycles. The summed E-state index contributed by atoms with van der Waals surface area (Å²) in [6, 6.07) is 6.61. The third kappa shape index (κ3) is 4.22. The van der Waals surface area contributed by atoms with Gasteiger partial charge in [0.15, 0.2) is 0 Å². The van der Waals surface area contributed by atoms with E-state index in [0.717, 1.165) is 4.47 Å². The third-order valence-electron chi connectivity index (χ3n) is 1.89. The van der Waals surface area contributed by atoms with Gasteiger partial charge in [-0.05, 0) is 24.1 Å². The van der Waals surface area contributed by atoms with Crippen molar-refractivity contribution in [3.8, 4) is 0 Å². The summed E-state index contributed by atoms with van der Waals surface area (Å²) in [4.78, 5) is 0. The summed E-state index contributed by atoms with van der Waals surface area (Å²) in [7, 11) is 0. The molecule has 0 aliphatic rings. The summed E-state index contributed by atoms with van der Waals surface area (Å²) >= 11 is 3.21. The van der Waals surface area contributed by atoms with Crippen molar-refractivity contribution in [1.29, 1.82) is 0 Å². The fraction of sp³-hybridized carbons (Fsp3) is 0.400. The molecule has 0 aliphatic heterocycles. The van der Waals surface area contributed by atoms with Crippen LogP contribution in [0.15, 0.2) is 28.7 Å². The Morgan fingerprint density at radius 2 is 1.80 bits per heavy atom. The Morgan fingerprint density at radius 3 is 2.20 bits per heavy atom. The van der Waals surface area contributed by atoms with E-state index in [1.165, 1.54) is 0 Å². The lowest BCUT2D eigenvalue weighted by Gasteiger charge is -2.18. The van der Waals surface area contributed by atoms with Crippen molar-refractivity contribution >= 4 is 15.9 Å². The van der Waals surface area contributed by atoms with Crippen LogP contribution in [0.4, 0.5) is 13.2 Å². The second kappa shape index (κ2) is 4.99. The quantitative estimate of drug-likeness (QED) is 0.797. The topological polar surface area (TPSA) is 9.23 Å². The van der Waals surface area contributed by atoms with Crippen LogP contribution in [0.25, 0.3) is 0 Å². The van der Waals surface area contributed by atoms with Crippen molar-refractivity contribution in [2.45, 2.75) is 25.8 Å². The molecule has 1 aromatic carbocycles. The van der Waals surface area contributed by atoms with E-state index < -0.39 is 12.5 Å². The smallest absolute Gasteiger partial charge is 0.284 e. The summed E-state index contributed by atoms with van der Waals surface area (Å²) in [5.74, 6) is 0.